The Kier molecular flexibility index (Phi) is 8.45. The number of terminal acetylenes is 1. The molecule has 0 aromatic rings. The van der Waals surface area contributed by atoms with Crippen molar-refractivity contribution in [2.75, 3.05) is 17.3 Å². The Morgan fingerprint density at radius 1 is 1.25 bits per heavy atom. The molecule has 5 heteroatoms. The van der Waals surface area contributed by atoms with Crippen molar-refractivity contribution >= 4 is 49.6 Å². The molecule has 0 radical (unpaired) electrons. The van der Waals surface area contributed by atoms with Gasteiger partial charge >= 0.3 is 0 Å². The average Bonchev–Trinajstić information content (AvgIpc) is 2.02. The normalized spacial score (nSPS) is 11.1. The lowest BCUT2D eigenvalue weighted by Gasteiger charge is -2.16. The minimum Gasteiger partial charge on any atom is -0.119 e. The van der Waals surface area contributed by atoms with Crippen LogP contribution in [-0.4, -0.2) is 17.3 Å². The molecule has 0 unspecified atom stereocenters. The van der Waals surface area contributed by atoms with Crippen LogP contribution in [0.15, 0.2) is 0 Å². The highest BCUT2D eigenvalue weighted by Crippen LogP contribution is 2.77. The van der Waals surface area contributed by atoms with E-state index < -0.39 is 3.64 Å². The van der Waals surface area contributed by atoms with Crippen LogP contribution in [0.5, 0.6) is 0 Å². The predicted molar refractivity (Wildman–Crippen MR) is 71.8 cm³/mol. The summed E-state index contributed by atoms with van der Waals surface area (Å²) in [6, 6.07) is 0. The summed E-state index contributed by atoms with van der Waals surface area (Å²) in [5, 5.41) is 0. The van der Waals surface area contributed by atoms with Crippen LogP contribution in [0.3, 0.4) is 0 Å². The van der Waals surface area contributed by atoms with Gasteiger partial charge in [-0.05, 0) is 11.5 Å². The smallest absolute Gasteiger partial charge is 0.110 e. The first-order valence-electron chi connectivity index (χ1n) is 3.65. The largest absolute Gasteiger partial charge is 0.119 e. The molecule has 0 saturated heterocycles. The van der Waals surface area contributed by atoms with Crippen molar-refractivity contribution in [1.82, 2.24) is 0 Å². The molecule has 0 fully saturated rings. The molecule has 0 aliphatic heterocycles. The van der Waals surface area contributed by atoms with E-state index in [2.05, 4.69) is 19.8 Å². The Balaban J connectivity index is 4.01. The summed E-state index contributed by atoms with van der Waals surface area (Å²) in [5.74, 6) is 5.60. The van der Waals surface area contributed by atoms with Gasteiger partial charge in [0.1, 0.15) is 3.64 Å². The molecule has 0 saturated carbocycles. The van der Waals surface area contributed by atoms with Crippen molar-refractivity contribution in [1.29, 1.82) is 0 Å². The van der Waals surface area contributed by atoms with E-state index in [1.165, 1.54) is 0 Å². The van der Waals surface area contributed by atoms with E-state index in [0.29, 0.717) is 0 Å². The van der Waals surface area contributed by atoms with Crippen LogP contribution in [0.25, 0.3) is 0 Å². The topological polar surface area (TPSA) is 0 Å². The van der Waals surface area contributed by atoms with Crippen molar-refractivity contribution in [3.05, 3.63) is 0 Å². The van der Waals surface area contributed by atoms with Gasteiger partial charge in [0, 0.05) is 0 Å². The summed E-state index contributed by atoms with van der Waals surface area (Å²) in [5.41, 5.74) is 0. The molecule has 12 heavy (non-hydrogen) atoms. The number of hydrogen-bond acceptors (Lipinski definition) is 4. The SMILES string of the molecule is C#CCSP(=S)(SCC)SCC. The Bertz CT molecular complexity index is 186. The summed E-state index contributed by atoms with van der Waals surface area (Å²) in [7, 11) is 0. The number of rotatable bonds is 6. The predicted octanol–water partition coefficient (Wildman–Crippen LogP) is 4.08. The molecule has 0 atom stereocenters. The van der Waals surface area contributed by atoms with Gasteiger partial charge in [0.15, 0.2) is 0 Å². The summed E-state index contributed by atoms with van der Waals surface area (Å²) < 4.78 is -1.30. The Morgan fingerprint density at radius 2 is 1.75 bits per heavy atom. The molecule has 0 aromatic carbocycles. The van der Waals surface area contributed by atoms with Gasteiger partial charge in [0.2, 0.25) is 0 Å². The lowest BCUT2D eigenvalue weighted by atomic mass is 10.8. The molecular formula is C7H13PS4. The maximum absolute atomic E-state index is 5.57. The van der Waals surface area contributed by atoms with E-state index >= 15 is 0 Å². The van der Waals surface area contributed by atoms with Gasteiger partial charge < -0.3 is 0 Å². The Morgan fingerprint density at radius 3 is 2.08 bits per heavy atom. The second-order valence-corrected chi connectivity index (χ2v) is 17.9. The van der Waals surface area contributed by atoms with E-state index in [-0.39, 0.29) is 0 Å². The van der Waals surface area contributed by atoms with Crippen LogP contribution in [0.2, 0.25) is 0 Å². The first-order valence-corrected chi connectivity index (χ1v) is 11.2. The van der Waals surface area contributed by atoms with Gasteiger partial charge in [0.25, 0.3) is 0 Å². The highest BCUT2D eigenvalue weighted by molar-refractivity contribution is 9.23. The fraction of sp³-hybridized carbons (Fsp3) is 0.714. The van der Waals surface area contributed by atoms with Crippen LogP contribution in [0.1, 0.15) is 13.8 Å². The first-order chi connectivity index (χ1) is 5.68. The van der Waals surface area contributed by atoms with E-state index in [9.17, 15) is 0 Å². The Labute approximate surface area is 92.7 Å². The molecular weight excluding hydrogens is 243 g/mol. The summed E-state index contributed by atoms with van der Waals surface area (Å²) in [6.45, 7) is 4.30. The number of hydrogen-bond donors (Lipinski definition) is 0. The summed E-state index contributed by atoms with van der Waals surface area (Å²) in [6.07, 6.45) is 5.21. The third-order valence-corrected chi connectivity index (χ3v) is 16.0. The van der Waals surface area contributed by atoms with E-state index in [4.69, 9.17) is 18.2 Å². The molecule has 0 aliphatic carbocycles. The van der Waals surface area contributed by atoms with E-state index in [1.807, 2.05) is 22.8 Å². The van der Waals surface area contributed by atoms with Gasteiger partial charge in [-0.2, -0.15) is 0 Å². The molecule has 0 bridgehead atoms. The van der Waals surface area contributed by atoms with Crippen LogP contribution in [0, 0.1) is 12.3 Å². The van der Waals surface area contributed by atoms with Crippen LogP contribution >= 0.6 is 37.8 Å². The monoisotopic (exact) mass is 256 g/mol. The lowest BCUT2D eigenvalue weighted by molar-refractivity contribution is 1.54. The van der Waals surface area contributed by atoms with E-state index in [0.717, 1.165) is 17.3 Å². The molecule has 0 aromatic heterocycles. The third-order valence-electron chi connectivity index (χ3n) is 0.880. The fourth-order valence-corrected chi connectivity index (χ4v) is 14.0. The van der Waals surface area contributed by atoms with Gasteiger partial charge in [-0.1, -0.05) is 43.0 Å². The maximum atomic E-state index is 5.57. The van der Waals surface area contributed by atoms with Crippen molar-refractivity contribution < 1.29 is 0 Å². The van der Waals surface area contributed by atoms with Crippen LogP contribution in [-0.2, 0) is 11.8 Å². The highest BCUT2D eigenvalue weighted by atomic mass is 33.5. The quantitative estimate of drug-likeness (QED) is 0.518. The molecule has 0 amide bonds. The van der Waals surface area contributed by atoms with E-state index in [1.54, 1.807) is 11.4 Å². The Hall–Kier alpha value is 1.26. The fourth-order valence-electron chi connectivity index (χ4n) is 0.544. The molecule has 0 N–H and O–H groups in total. The van der Waals surface area contributed by atoms with Crippen LogP contribution < -0.4 is 0 Å². The van der Waals surface area contributed by atoms with Crippen molar-refractivity contribution in [2.24, 2.45) is 0 Å². The maximum Gasteiger partial charge on any atom is 0.110 e. The summed E-state index contributed by atoms with van der Waals surface area (Å²) in [4.78, 5) is 0. The molecule has 0 nitrogen and oxygen atoms in total. The molecule has 0 heterocycles. The molecule has 0 spiro atoms. The average molecular weight is 256 g/mol. The van der Waals surface area contributed by atoms with Gasteiger partial charge in [-0.15, -0.1) is 29.2 Å². The molecule has 0 rings (SSSR count). The second kappa shape index (κ2) is 7.64. The standard InChI is InChI=1S/C7H13PS4/c1-4-7-12-8(9,10-5-2)11-6-3/h1H,5-7H2,2-3H3. The molecule has 70 valence electrons. The van der Waals surface area contributed by atoms with Crippen molar-refractivity contribution in [3.8, 4) is 12.3 Å². The zero-order chi connectivity index (χ0) is 9.45. The van der Waals surface area contributed by atoms with Gasteiger partial charge in [-0.25, -0.2) is 0 Å². The minimum atomic E-state index is -1.30. The zero-order valence-corrected chi connectivity index (χ0v) is 11.4. The molecule has 0 aliphatic rings. The van der Waals surface area contributed by atoms with Crippen molar-refractivity contribution in [2.45, 2.75) is 13.8 Å². The third kappa shape index (κ3) is 5.83. The van der Waals surface area contributed by atoms with Crippen molar-refractivity contribution in [3.63, 3.8) is 0 Å². The highest BCUT2D eigenvalue weighted by Gasteiger charge is 2.16. The van der Waals surface area contributed by atoms with Gasteiger partial charge in [0.05, 0.1) is 5.75 Å². The lowest BCUT2D eigenvalue weighted by Crippen LogP contribution is -1.72. The summed E-state index contributed by atoms with van der Waals surface area (Å²) >= 11 is 11.2. The van der Waals surface area contributed by atoms with Crippen LogP contribution in [0.4, 0.5) is 0 Å². The first kappa shape index (κ1) is 13.3. The van der Waals surface area contributed by atoms with Gasteiger partial charge in [-0.3, -0.25) is 0 Å². The zero-order valence-electron chi connectivity index (χ0n) is 7.28. The minimum absolute atomic E-state index is 0.761. The second-order valence-electron chi connectivity index (χ2n) is 1.76.